The number of aromatic nitrogens is 1. The molecule has 0 radical (unpaired) electrons. The van der Waals surface area contributed by atoms with Crippen LogP contribution < -0.4 is 14.9 Å². The Morgan fingerprint density at radius 2 is 1.90 bits per heavy atom. The maximum atomic E-state index is 13.7. The number of carboxylic acid groups (broad SMARTS) is 1. The molecule has 1 atom stereocenters. The van der Waals surface area contributed by atoms with E-state index in [0.29, 0.717) is 37.7 Å². The van der Waals surface area contributed by atoms with Gasteiger partial charge in [0.1, 0.15) is 11.5 Å². The summed E-state index contributed by atoms with van der Waals surface area (Å²) in [6.07, 6.45) is 1.62. The van der Waals surface area contributed by atoms with Crippen molar-refractivity contribution in [1.82, 2.24) is 4.57 Å². The molecule has 2 aromatic heterocycles. The van der Waals surface area contributed by atoms with Crippen LogP contribution in [-0.2, 0) is 9.53 Å². The Kier molecular flexibility index (Phi) is 7.12. The third-order valence-corrected chi connectivity index (χ3v) is 7.59. The number of ether oxygens (including phenoxy) is 1. The van der Waals surface area contributed by atoms with Crippen molar-refractivity contribution in [3.63, 3.8) is 0 Å². The Labute approximate surface area is 231 Å². The number of allylic oxidation sites excluding steroid dienone is 1. The molecular formula is C29H23ClN2O6S. The summed E-state index contributed by atoms with van der Waals surface area (Å²) in [6.45, 7) is 5.64. The first-order valence-electron chi connectivity index (χ1n) is 12.1. The number of halogens is 1. The second kappa shape index (κ2) is 10.5. The fourth-order valence-corrected chi connectivity index (χ4v) is 5.70. The first kappa shape index (κ1) is 26.4. The van der Waals surface area contributed by atoms with Crippen LogP contribution in [0.25, 0.3) is 17.4 Å². The second-order valence-electron chi connectivity index (χ2n) is 8.91. The van der Waals surface area contributed by atoms with Crippen molar-refractivity contribution in [2.75, 3.05) is 6.61 Å². The van der Waals surface area contributed by atoms with Gasteiger partial charge in [-0.25, -0.2) is 14.6 Å². The van der Waals surface area contributed by atoms with Crippen LogP contribution in [0.4, 0.5) is 0 Å². The van der Waals surface area contributed by atoms with Gasteiger partial charge < -0.3 is 14.3 Å². The largest absolute Gasteiger partial charge is 0.478 e. The molecule has 5 rings (SSSR count). The van der Waals surface area contributed by atoms with E-state index in [4.69, 9.17) is 20.8 Å². The second-order valence-corrected chi connectivity index (χ2v) is 10.3. The van der Waals surface area contributed by atoms with E-state index in [0.717, 1.165) is 11.1 Å². The summed E-state index contributed by atoms with van der Waals surface area (Å²) in [4.78, 5) is 43.0. The molecule has 39 heavy (non-hydrogen) atoms. The summed E-state index contributed by atoms with van der Waals surface area (Å²) < 4.78 is 13.2. The lowest BCUT2D eigenvalue weighted by Crippen LogP contribution is -2.39. The number of thiazole rings is 1. The average molecular weight is 563 g/mol. The SMILES string of the molecule is CCOC(=O)C1=C(C)N=c2s/c(=C\c3ccc(-c4ccc(C(=O)O)c(Cl)c4)o3)c(=O)n2[C@@H]1c1ccc(C)cc1. The number of hydrogen-bond donors (Lipinski definition) is 1. The number of benzene rings is 2. The summed E-state index contributed by atoms with van der Waals surface area (Å²) in [7, 11) is 0. The normalized spacial score (nSPS) is 15.2. The van der Waals surface area contributed by atoms with Crippen molar-refractivity contribution >= 4 is 41.0 Å². The van der Waals surface area contributed by atoms with Crippen LogP contribution in [0.3, 0.4) is 0 Å². The first-order valence-corrected chi connectivity index (χ1v) is 13.3. The van der Waals surface area contributed by atoms with Crippen LogP contribution >= 0.6 is 22.9 Å². The zero-order valence-electron chi connectivity index (χ0n) is 21.2. The molecule has 8 nitrogen and oxygen atoms in total. The van der Waals surface area contributed by atoms with Crippen LogP contribution in [0.2, 0.25) is 5.02 Å². The van der Waals surface area contributed by atoms with Gasteiger partial charge in [-0.15, -0.1) is 0 Å². The standard InChI is InChI=1S/C29H23ClN2O6S/c1-4-37-28(36)24-16(3)31-29-32(25(24)17-7-5-15(2)6-8-17)26(33)23(39-29)14-19-10-12-22(38-19)18-9-11-20(27(34)35)21(30)13-18/h5-14,25H,4H2,1-3H3,(H,34,35)/b23-14-/t25-/m1/s1. The molecule has 3 heterocycles. The van der Waals surface area contributed by atoms with E-state index >= 15 is 0 Å². The summed E-state index contributed by atoms with van der Waals surface area (Å²) in [5, 5.41) is 9.30. The Balaban J connectivity index is 1.60. The molecule has 198 valence electrons. The summed E-state index contributed by atoms with van der Waals surface area (Å²) in [5.74, 6) is -0.748. The molecule has 1 aliphatic rings. The van der Waals surface area contributed by atoms with Gasteiger partial charge in [-0.2, -0.15) is 0 Å². The van der Waals surface area contributed by atoms with Gasteiger partial charge in [-0.05, 0) is 50.6 Å². The average Bonchev–Trinajstić information content (AvgIpc) is 3.48. The van der Waals surface area contributed by atoms with Crippen LogP contribution in [0.5, 0.6) is 0 Å². The number of nitrogens with zero attached hydrogens (tertiary/aromatic N) is 2. The lowest BCUT2D eigenvalue weighted by molar-refractivity contribution is -0.139. The number of carbonyl (C=O) groups is 2. The Morgan fingerprint density at radius 3 is 2.56 bits per heavy atom. The summed E-state index contributed by atoms with van der Waals surface area (Å²) in [6, 6.07) is 14.9. The number of carbonyl (C=O) groups excluding carboxylic acids is 1. The molecule has 0 saturated heterocycles. The van der Waals surface area contributed by atoms with E-state index in [1.165, 1.54) is 28.0 Å². The van der Waals surface area contributed by atoms with Crippen molar-refractivity contribution < 1.29 is 23.8 Å². The highest BCUT2D eigenvalue weighted by atomic mass is 35.5. The molecule has 4 aromatic rings. The van der Waals surface area contributed by atoms with E-state index in [-0.39, 0.29) is 22.8 Å². The molecule has 1 aliphatic heterocycles. The van der Waals surface area contributed by atoms with Gasteiger partial charge in [0.2, 0.25) is 0 Å². The fraction of sp³-hybridized carbons (Fsp3) is 0.172. The Bertz CT molecular complexity index is 1830. The zero-order valence-corrected chi connectivity index (χ0v) is 22.8. The van der Waals surface area contributed by atoms with Crippen molar-refractivity contribution in [1.29, 1.82) is 0 Å². The molecular weight excluding hydrogens is 540 g/mol. The van der Waals surface area contributed by atoms with Crippen LogP contribution in [0.15, 0.2) is 80.1 Å². The molecule has 0 spiro atoms. The minimum Gasteiger partial charge on any atom is -0.478 e. The molecule has 1 N–H and O–H groups in total. The zero-order chi connectivity index (χ0) is 27.8. The number of furan rings is 1. The third-order valence-electron chi connectivity index (χ3n) is 6.29. The lowest BCUT2D eigenvalue weighted by atomic mass is 9.95. The minimum atomic E-state index is -1.12. The van der Waals surface area contributed by atoms with Gasteiger partial charge in [0.25, 0.3) is 5.56 Å². The fourth-order valence-electron chi connectivity index (χ4n) is 4.41. The lowest BCUT2D eigenvalue weighted by Gasteiger charge is -2.24. The van der Waals surface area contributed by atoms with Gasteiger partial charge in [0.05, 0.1) is 39.0 Å². The maximum absolute atomic E-state index is 13.7. The van der Waals surface area contributed by atoms with Gasteiger partial charge >= 0.3 is 11.9 Å². The van der Waals surface area contributed by atoms with Crippen molar-refractivity contribution in [2.24, 2.45) is 4.99 Å². The molecule has 0 bridgehead atoms. The van der Waals surface area contributed by atoms with E-state index < -0.39 is 18.0 Å². The monoisotopic (exact) mass is 562 g/mol. The van der Waals surface area contributed by atoms with Crippen LogP contribution in [0.1, 0.15) is 47.1 Å². The molecule has 2 aromatic carbocycles. The number of fused-ring (bicyclic) bond motifs is 1. The van der Waals surface area contributed by atoms with E-state index in [9.17, 15) is 19.5 Å². The molecule has 0 fully saturated rings. The van der Waals surface area contributed by atoms with Crippen LogP contribution in [0, 0.1) is 6.92 Å². The van der Waals surface area contributed by atoms with E-state index in [1.54, 1.807) is 38.1 Å². The molecule has 0 unspecified atom stereocenters. The van der Waals surface area contributed by atoms with Gasteiger partial charge in [-0.1, -0.05) is 58.8 Å². The predicted molar refractivity (Wildman–Crippen MR) is 148 cm³/mol. The number of aromatic carboxylic acids is 1. The molecule has 0 amide bonds. The molecule has 0 aliphatic carbocycles. The molecule has 10 heteroatoms. The van der Waals surface area contributed by atoms with Gasteiger partial charge in [0, 0.05) is 11.6 Å². The Hall–Kier alpha value is -4.21. The quantitative estimate of drug-likeness (QED) is 0.340. The van der Waals surface area contributed by atoms with Gasteiger partial charge in [0.15, 0.2) is 4.80 Å². The third kappa shape index (κ3) is 4.98. The summed E-state index contributed by atoms with van der Waals surface area (Å²) >= 11 is 7.31. The number of rotatable bonds is 6. The predicted octanol–water partition coefficient (Wildman–Crippen LogP) is 4.72. The highest BCUT2D eigenvalue weighted by Crippen LogP contribution is 2.31. The topological polar surface area (TPSA) is 111 Å². The number of aryl methyl sites for hydroxylation is 1. The van der Waals surface area contributed by atoms with E-state index in [2.05, 4.69) is 4.99 Å². The number of carboxylic acids is 1. The Morgan fingerprint density at radius 1 is 1.15 bits per heavy atom. The highest BCUT2D eigenvalue weighted by Gasteiger charge is 2.33. The first-order chi connectivity index (χ1) is 18.7. The van der Waals surface area contributed by atoms with Crippen molar-refractivity contribution in [2.45, 2.75) is 26.8 Å². The maximum Gasteiger partial charge on any atom is 0.338 e. The summed E-state index contributed by atoms with van der Waals surface area (Å²) in [5.41, 5.74) is 2.92. The number of esters is 1. The van der Waals surface area contributed by atoms with E-state index in [1.807, 2.05) is 31.2 Å². The van der Waals surface area contributed by atoms with Gasteiger partial charge in [-0.3, -0.25) is 9.36 Å². The molecule has 0 saturated carbocycles. The van der Waals surface area contributed by atoms with Crippen molar-refractivity contribution in [3.05, 3.63) is 113 Å². The highest BCUT2D eigenvalue weighted by molar-refractivity contribution is 7.07. The minimum absolute atomic E-state index is 0.00563. The smallest absolute Gasteiger partial charge is 0.338 e. The van der Waals surface area contributed by atoms with Crippen LogP contribution in [-0.4, -0.2) is 28.2 Å². The number of hydrogen-bond acceptors (Lipinski definition) is 7. The van der Waals surface area contributed by atoms with Crippen molar-refractivity contribution in [3.8, 4) is 11.3 Å².